The van der Waals surface area contributed by atoms with Gasteiger partial charge in [0.2, 0.25) is 0 Å². The molecule has 0 radical (unpaired) electrons. The van der Waals surface area contributed by atoms with Crippen molar-refractivity contribution in [1.82, 2.24) is 10.2 Å². The molecule has 24 heavy (non-hydrogen) atoms. The molecule has 0 spiro atoms. The minimum Gasteiger partial charge on any atom is -0.334 e. The Labute approximate surface area is 148 Å². The van der Waals surface area contributed by atoms with Crippen molar-refractivity contribution in [2.24, 2.45) is 0 Å². The number of rotatable bonds is 6. The lowest BCUT2D eigenvalue weighted by Gasteiger charge is -2.18. The highest BCUT2D eigenvalue weighted by atomic mass is 32.1. The molecule has 1 fully saturated rings. The number of hydrogen-bond donors (Lipinski definition) is 1. The number of amides is 1. The highest BCUT2D eigenvalue weighted by Crippen LogP contribution is 2.29. The topological polar surface area (TPSA) is 32.3 Å². The van der Waals surface area contributed by atoms with Crippen LogP contribution in [0.25, 0.3) is 6.08 Å². The van der Waals surface area contributed by atoms with Crippen LogP contribution in [0.15, 0.2) is 48.5 Å². The van der Waals surface area contributed by atoms with Gasteiger partial charge in [-0.15, -0.1) is 11.3 Å². The predicted molar refractivity (Wildman–Crippen MR) is 101 cm³/mol. The molecule has 1 aliphatic rings. The van der Waals surface area contributed by atoms with Gasteiger partial charge < -0.3 is 10.2 Å². The molecule has 2 heterocycles. The molecular formula is C20H24N2OS. The molecule has 1 N–H and O–H groups in total. The Morgan fingerprint density at radius 1 is 1.29 bits per heavy atom. The Kier molecular flexibility index (Phi) is 5.83. The van der Waals surface area contributed by atoms with Crippen LogP contribution in [-0.2, 0) is 0 Å². The van der Waals surface area contributed by atoms with E-state index in [1.165, 1.54) is 17.7 Å². The summed E-state index contributed by atoms with van der Waals surface area (Å²) in [4.78, 5) is 16.7. The van der Waals surface area contributed by atoms with Gasteiger partial charge in [-0.2, -0.15) is 0 Å². The number of benzene rings is 1. The summed E-state index contributed by atoms with van der Waals surface area (Å²) in [5, 5.41) is 3.50. The number of thiophene rings is 1. The van der Waals surface area contributed by atoms with Gasteiger partial charge >= 0.3 is 0 Å². The number of carbonyl (C=O) groups is 1. The average Bonchev–Trinajstić information content (AvgIpc) is 3.30. The highest BCUT2D eigenvalue weighted by molar-refractivity contribution is 7.14. The van der Waals surface area contributed by atoms with Gasteiger partial charge in [-0.05, 0) is 44.0 Å². The van der Waals surface area contributed by atoms with Crippen LogP contribution in [0.2, 0.25) is 0 Å². The smallest absolute Gasteiger partial charge is 0.264 e. The van der Waals surface area contributed by atoms with Crippen molar-refractivity contribution < 1.29 is 4.79 Å². The van der Waals surface area contributed by atoms with E-state index in [2.05, 4.69) is 35.7 Å². The molecule has 2 aromatic rings. The molecule has 1 unspecified atom stereocenters. The fourth-order valence-electron chi connectivity index (χ4n) is 2.97. The highest BCUT2D eigenvalue weighted by Gasteiger charge is 2.21. The van der Waals surface area contributed by atoms with E-state index >= 15 is 0 Å². The van der Waals surface area contributed by atoms with E-state index in [0.717, 1.165) is 17.0 Å². The largest absolute Gasteiger partial charge is 0.334 e. The Balaban J connectivity index is 1.62. The molecule has 126 valence electrons. The molecule has 4 heteroatoms. The van der Waals surface area contributed by atoms with Crippen LogP contribution in [0.3, 0.4) is 0 Å². The third kappa shape index (κ3) is 4.13. The SMILES string of the molecule is CCN(CC=Cc1ccccc1)C(=O)c1ccc(C2CCCN2)s1. The fraction of sp³-hybridized carbons (Fsp3) is 0.350. The van der Waals surface area contributed by atoms with E-state index in [-0.39, 0.29) is 5.91 Å². The van der Waals surface area contributed by atoms with Crippen molar-refractivity contribution in [3.05, 3.63) is 63.9 Å². The first-order valence-corrected chi connectivity index (χ1v) is 9.43. The molecule has 3 rings (SSSR count). The predicted octanol–water partition coefficient (Wildman–Crippen LogP) is 4.35. The number of carbonyl (C=O) groups excluding carboxylic acids is 1. The van der Waals surface area contributed by atoms with Gasteiger partial charge in [-0.3, -0.25) is 4.79 Å². The van der Waals surface area contributed by atoms with E-state index in [4.69, 9.17) is 0 Å². The van der Waals surface area contributed by atoms with Gasteiger partial charge in [0.1, 0.15) is 0 Å². The van der Waals surface area contributed by atoms with Gasteiger partial charge in [0.25, 0.3) is 5.91 Å². The summed E-state index contributed by atoms with van der Waals surface area (Å²) in [5.74, 6) is 0.129. The Bertz CT molecular complexity index is 687. The van der Waals surface area contributed by atoms with Crippen molar-refractivity contribution in [3.8, 4) is 0 Å². The lowest BCUT2D eigenvalue weighted by Crippen LogP contribution is -2.30. The molecule has 1 aromatic carbocycles. The van der Waals surface area contributed by atoms with Crippen molar-refractivity contribution in [1.29, 1.82) is 0 Å². The van der Waals surface area contributed by atoms with Crippen molar-refractivity contribution in [3.63, 3.8) is 0 Å². The first kappa shape index (κ1) is 16.9. The first-order valence-electron chi connectivity index (χ1n) is 8.62. The normalized spacial score (nSPS) is 17.5. The molecule has 1 atom stereocenters. The lowest BCUT2D eigenvalue weighted by molar-refractivity contribution is 0.0787. The van der Waals surface area contributed by atoms with E-state index in [0.29, 0.717) is 19.1 Å². The summed E-state index contributed by atoms with van der Waals surface area (Å²) in [6.45, 7) is 4.46. The van der Waals surface area contributed by atoms with Gasteiger partial charge in [0.05, 0.1) is 4.88 Å². The molecule has 0 saturated carbocycles. The molecule has 0 bridgehead atoms. The maximum absolute atomic E-state index is 12.7. The maximum Gasteiger partial charge on any atom is 0.264 e. The number of nitrogens with one attached hydrogen (secondary N) is 1. The zero-order valence-electron chi connectivity index (χ0n) is 14.1. The second-order valence-electron chi connectivity index (χ2n) is 6.01. The standard InChI is InChI=1S/C20H24N2OS/c1-2-22(15-7-10-16-8-4-3-5-9-16)20(23)19-13-12-18(24-19)17-11-6-14-21-17/h3-5,7-10,12-13,17,21H,2,6,11,14-15H2,1H3. The van der Waals surface area contributed by atoms with Crippen molar-refractivity contribution >= 4 is 23.3 Å². The number of likely N-dealkylation sites (N-methyl/N-ethyl adjacent to an activating group) is 1. The molecule has 1 aromatic heterocycles. The van der Waals surface area contributed by atoms with Crippen molar-refractivity contribution in [2.75, 3.05) is 19.6 Å². The summed E-state index contributed by atoms with van der Waals surface area (Å²) in [7, 11) is 0. The van der Waals surface area contributed by atoms with E-state index in [9.17, 15) is 4.79 Å². The number of hydrogen-bond acceptors (Lipinski definition) is 3. The minimum atomic E-state index is 0.129. The van der Waals surface area contributed by atoms with Crippen LogP contribution < -0.4 is 5.32 Å². The summed E-state index contributed by atoms with van der Waals surface area (Å²) in [5.41, 5.74) is 1.16. The monoisotopic (exact) mass is 340 g/mol. The summed E-state index contributed by atoms with van der Waals surface area (Å²) < 4.78 is 0. The van der Waals surface area contributed by atoms with Crippen LogP contribution in [0, 0.1) is 0 Å². The fourth-order valence-corrected chi connectivity index (χ4v) is 4.06. The Morgan fingerprint density at radius 3 is 2.83 bits per heavy atom. The molecule has 1 amide bonds. The first-order chi connectivity index (χ1) is 11.8. The van der Waals surface area contributed by atoms with Crippen LogP contribution in [-0.4, -0.2) is 30.4 Å². The quantitative estimate of drug-likeness (QED) is 0.848. The molecule has 0 aliphatic carbocycles. The lowest BCUT2D eigenvalue weighted by atomic mass is 10.2. The number of nitrogens with zero attached hydrogens (tertiary/aromatic N) is 1. The zero-order chi connectivity index (χ0) is 16.8. The van der Waals surface area contributed by atoms with Gasteiger partial charge in [-0.25, -0.2) is 0 Å². The summed E-state index contributed by atoms with van der Waals surface area (Å²) in [6.07, 6.45) is 6.52. The maximum atomic E-state index is 12.7. The third-order valence-electron chi connectivity index (χ3n) is 4.35. The van der Waals surface area contributed by atoms with E-state index in [1.807, 2.05) is 36.1 Å². The van der Waals surface area contributed by atoms with Crippen LogP contribution in [0.5, 0.6) is 0 Å². The Morgan fingerprint density at radius 2 is 2.12 bits per heavy atom. The molecular weight excluding hydrogens is 316 g/mol. The zero-order valence-corrected chi connectivity index (χ0v) is 14.9. The second kappa shape index (κ2) is 8.27. The molecule has 1 aliphatic heterocycles. The van der Waals surface area contributed by atoms with Crippen LogP contribution >= 0.6 is 11.3 Å². The van der Waals surface area contributed by atoms with Gasteiger partial charge in [-0.1, -0.05) is 42.5 Å². The molecule has 3 nitrogen and oxygen atoms in total. The third-order valence-corrected chi connectivity index (χ3v) is 5.53. The van der Waals surface area contributed by atoms with Gasteiger partial charge in [0.15, 0.2) is 0 Å². The second-order valence-corrected chi connectivity index (χ2v) is 7.12. The van der Waals surface area contributed by atoms with Crippen LogP contribution in [0.1, 0.15) is 45.9 Å². The summed E-state index contributed by atoms with van der Waals surface area (Å²) in [6, 6.07) is 14.7. The van der Waals surface area contributed by atoms with Gasteiger partial charge in [0, 0.05) is 24.0 Å². The average molecular weight is 340 g/mol. The Hall–Kier alpha value is -1.91. The van der Waals surface area contributed by atoms with Crippen molar-refractivity contribution in [2.45, 2.75) is 25.8 Å². The molecule has 1 saturated heterocycles. The van der Waals surface area contributed by atoms with Crippen LogP contribution in [0.4, 0.5) is 0 Å². The summed E-state index contributed by atoms with van der Waals surface area (Å²) >= 11 is 1.63. The van der Waals surface area contributed by atoms with E-state index < -0.39 is 0 Å². The van der Waals surface area contributed by atoms with E-state index in [1.54, 1.807) is 11.3 Å². The minimum absolute atomic E-state index is 0.129.